The van der Waals surface area contributed by atoms with Gasteiger partial charge >= 0.3 is 0 Å². The molecule has 1 fully saturated rings. The molecule has 0 unspecified atom stereocenters. The molecule has 8 nitrogen and oxygen atoms in total. The Kier molecular flexibility index (Phi) is 12.6. The van der Waals surface area contributed by atoms with E-state index in [-0.39, 0.29) is 5.91 Å². The Morgan fingerprint density at radius 1 is 0.865 bits per heavy atom. The van der Waals surface area contributed by atoms with Crippen LogP contribution in [0.5, 0.6) is 23.1 Å². The summed E-state index contributed by atoms with van der Waals surface area (Å²) in [5.74, 6) is 2.96. The van der Waals surface area contributed by atoms with E-state index in [1.54, 1.807) is 48.9 Å². The second-order valence-corrected chi connectivity index (χ2v) is 13.7. The van der Waals surface area contributed by atoms with Crippen molar-refractivity contribution in [1.82, 2.24) is 19.8 Å². The molecule has 3 heterocycles. The smallest absolute Gasteiger partial charge is 0.246 e. The Morgan fingerprint density at radius 3 is 2.29 bits per heavy atom. The van der Waals surface area contributed by atoms with Crippen LogP contribution in [0.2, 0.25) is 5.02 Å². The fourth-order valence-corrected chi connectivity index (χ4v) is 6.27. The van der Waals surface area contributed by atoms with E-state index in [1.807, 2.05) is 30.0 Å². The van der Waals surface area contributed by atoms with Crippen LogP contribution in [0, 0.1) is 6.92 Å². The van der Waals surface area contributed by atoms with Crippen molar-refractivity contribution in [1.29, 1.82) is 0 Å². The maximum atomic E-state index is 13.1. The quantitative estimate of drug-likeness (QED) is 0.106. The summed E-state index contributed by atoms with van der Waals surface area (Å²) in [4.78, 5) is 25.8. The summed E-state index contributed by atoms with van der Waals surface area (Å²) in [5, 5.41) is 0.438. The Morgan fingerprint density at radius 2 is 1.62 bits per heavy atom. The largest absolute Gasteiger partial charge is 0.493 e. The van der Waals surface area contributed by atoms with Crippen LogP contribution in [-0.4, -0.2) is 58.5 Å². The molecule has 2 aromatic heterocycles. The number of carbonyl (C=O) groups excluding carboxylic acids is 1. The van der Waals surface area contributed by atoms with Crippen LogP contribution in [0.25, 0.3) is 6.08 Å². The number of benzene rings is 3. The third-order valence-corrected chi connectivity index (χ3v) is 9.31. The average molecular weight is 717 g/mol. The molecular weight excluding hydrogens is 672 g/mol. The molecule has 5 aromatic rings. The van der Waals surface area contributed by atoms with Crippen molar-refractivity contribution in [3.8, 4) is 23.1 Å². The molecule has 0 aliphatic carbocycles. The van der Waals surface area contributed by atoms with Gasteiger partial charge in [-0.05, 0) is 83.1 Å². The zero-order valence-electron chi connectivity index (χ0n) is 30.0. The zero-order chi connectivity index (χ0) is 36.3. The minimum atomic E-state index is -0.00813. The molecule has 9 heteroatoms. The van der Waals surface area contributed by atoms with Crippen LogP contribution in [0.1, 0.15) is 53.1 Å². The maximum Gasteiger partial charge on any atom is 0.246 e. The summed E-state index contributed by atoms with van der Waals surface area (Å²) in [6, 6.07) is 28.2. The van der Waals surface area contributed by atoms with Gasteiger partial charge in [-0.25, -0.2) is 4.98 Å². The topological polar surface area (TPSA) is 77.0 Å². The van der Waals surface area contributed by atoms with Crippen molar-refractivity contribution in [2.24, 2.45) is 0 Å². The molecule has 1 aliphatic heterocycles. The number of nitrogens with zero attached hydrogens (tertiary/aromatic N) is 4. The van der Waals surface area contributed by atoms with Crippen LogP contribution < -0.4 is 14.2 Å². The molecule has 52 heavy (non-hydrogen) atoms. The summed E-state index contributed by atoms with van der Waals surface area (Å²) in [6.45, 7) is 11.2. The molecule has 1 aliphatic rings. The SMILES string of the molecule is Cc1cc(C=CC(=O)N2CCN(Cc3ccc(CCOc4ccc(C(C)C)cc4)cc3)CC2)cc(Cl)c1Oc1ccc(OCc2cccnc2)cn1. The molecule has 0 spiro atoms. The van der Waals surface area contributed by atoms with Gasteiger partial charge in [-0.2, -0.15) is 0 Å². The lowest BCUT2D eigenvalue weighted by Gasteiger charge is -2.34. The number of hydrogen-bond acceptors (Lipinski definition) is 7. The van der Waals surface area contributed by atoms with Gasteiger partial charge in [-0.15, -0.1) is 0 Å². The fraction of sp³-hybridized carbons (Fsp3) is 0.279. The monoisotopic (exact) mass is 716 g/mol. The van der Waals surface area contributed by atoms with Crippen molar-refractivity contribution < 1.29 is 19.0 Å². The lowest BCUT2D eigenvalue weighted by Crippen LogP contribution is -2.47. The van der Waals surface area contributed by atoms with Gasteiger partial charge < -0.3 is 19.1 Å². The van der Waals surface area contributed by atoms with Crippen LogP contribution in [0.4, 0.5) is 0 Å². The lowest BCUT2D eigenvalue weighted by atomic mass is 10.0. The lowest BCUT2D eigenvalue weighted by molar-refractivity contribution is -0.127. The van der Waals surface area contributed by atoms with Gasteiger partial charge in [0.25, 0.3) is 0 Å². The second-order valence-electron chi connectivity index (χ2n) is 13.3. The van der Waals surface area contributed by atoms with Crippen LogP contribution >= 0.6 is 11.6 Å². The molecule has 268 valence electrons. The van der Waals surface area contributed by atoms with E-state index in [2.05, 4.69) is 77.2 Å². The highest BCUT2D eigenvalue weighted by Crippen LogP contribution is 2.34. The van der Waals surface area contributed by atoms with Gasteiger partial charge in [0.1, 0.15) is 18.1 Å². The molecule has 0 radical (unpaired) electrons. The van der Waals surface area contributed by atoms with Gasteiger partial charge in [0.05, 0.1) is 17.8 Å². The molecule has 0 saturated carbocycles. The number of amides is 1. The maximum absolute atomic E-state index is 13.1. The highest BCUT2D eigenvalue weighted by molar-refractivity contribution is 6.32. The van der Waals surface area contributed by atoms with Crippen LogP contribution in [-0.2, 0) is 24.4 Å². The van der Waals surface area contributed by atoms with Crippen LogP contribution in [0.3, 0.4) is 0 Å². The molecule has 0 atom stereocenters. The minimum absolute atomic E-state index is 0.00813. The normalized spacial score (nSPS) is 13.4. The number of ether oxygens (including phenoxy) is 3. The predicted octanol–water partition coefficient (Wildman–Crippen LogP) is 8.91. The third-order valence-electron chi connectivity index (χ3n) is 9.03. The first-order chi connectivity index (χ1) is 25.3. The summed E-state index contributed by atoms with van der Waals surface area (Å²) in [6.07, 6.45) is 9.39. The van der Waals surface area contributed by atoms with E-state index >= 15 is 0 Å². The van der Waals surface area contributed by atoms with Gasteiger partial charge in [-0.3, -0.25) is 14.7 Å². The highest BCUT2D eigenvalue weighted by Gasteiger charge is 2.20. The minimum Gasteiger partial charge on any atom is -0.493 e. The van der Waals surface area contributed by atoms with E-state index in [9.17, 15) is 4.79 Å². The number of halogens is 1. The Hall–Kier alpha value is -5.18. The molecule has 1 amide bonds. The van der Waals surface area contributed by atoms with Crippen molar-refractivity contribution in [2.45, 2.75) is 46.3 Å². The molecular formula is C43H45ClN4O4. The van der Waals surface area contributed by atoms with Gasteiger partial charge in [0, 0.05) is 69.2 Å². The standard InChI is InChI=1S/C43H45ClN4O4/c1-31(2)37-11-13-38(14-12-37)50-24-18-33-6-8-34(9-7-33)29-47-20-22-48(23-21-47)42(49)17-10-35-25-32(3)43(40(44)26-35)52-41-16-15-39(28-46-41)51-30-36-5-4-19-45-27-36/h4-17,19,25-28,31H,18,20-24,29-30H2,1-3H3. The molecule has 3 aromatic carbocycles. The number of aryl methyl sites for hydroxylation is 1. The van der Waals surface area contributed by atoms with Crippen molar-refractivity contribution >= 4 is 23.6 Å². The van der Waals surface area contributed by atoms with E-state index in [1.165, 1.54) is 16.7 Å². The second kappa shape index (κ2) is 17.8. The molecule has 6 rings (SSSR count). The van der Waals surface area contributed by atoms with Crippen molar-refractivity contribution in [3.63, 3.8) is 0 Å². The number of rotatable bonds is 14. The molecule has 1 saturated heterocycles. The zero-order valence-corrected chi connectivity index (χ0v) is 30.8. The van der Waals surface area contributed by atoms with E-state index in [4.69, 9.17) is 25.8 Å². The number of piperazine rings is 1. The highest BCUT2D eigenvalue weighted by atomic mass is 35.5. The van der Waals surface area contributed by atoms with Gasteiger partial charge in [-0.1, -0.05) is 67.9 Å². The van der Waals surface area contributed by atoms with E-state index in [0.29, 0.717) is 54.6 Å². The van der Waals surface area contributed by atoms with E-state index in [0.717, 1.165) is 48.5 Å². The number of carbonyl (C=O) groups is 1. The average Bonchev–Trinajstić information content (AvgIpc) is 3.16. The van der Waals surface area contributed by atoms with Crippen molar-refractivity contribution in [2.75, 3.05) is 32.8 Å². The summed E-state index contributed by atoms with van der Waals surface area (Å²) in [5.41, 5.74) is 6.48. The van der Waals surface area contributed by atoms with Crippen molar-refractivity contribution in [3.05, 3.63) is 148 Å². The fourth-order valence-electron chi connectivity index (χ4n) is 5.95. The van der Waals surface area contributed by atoms with E-state index < -0.39 is 0 Å². The first-order valence-corrected chi connectivity index (χ1v) is 18.1. The van der Waals surface area contributed by atoms with Gasteiger partial charge in [0.2, 0.25) is 11.8 Å². The Bertz CT molecular complexity index is 1900. The molecule has 0 N–H and O–H groups in total. The summed E-state index contributed by atoms with van der Waals surface area (Å²) < 4.78 is 17.8. The Balaban J connectivity index is 0.923. The number of pyridine rings is 2. The predicted molar refractivity (Wildman–Crippen MR) is 206 cm³/mol. The van der Waals surface area contributed by atoms with Crippen LogP contribution in [0.15, 0.2) is 110 Å². The molecule has 0 bridgehead atoms. The summed E-state index contributed by atoms with van der Waals surface area (Å²) in [7, 11) is 0. The van der Waals surface area contributed by atoms with Gasteiger partial charge in [0.15, 0.2) is 5.75 Å². The number of hydrogen-bond donors (Lipinski definition) is 0. The third kappa shape index (κ3) is 10.4. The summed E-state index contributed by atoms with van der Waals surface area (Å²) >= 11 is 6.62. The first kappa shape index (κ1) is 36.6. The first-order valence-electron chi connectivity index (χ1n) is 17.7. The number of aromatic nitrogens is 2. The Labute approximate surface area is 311 Å².